The van der Waals surface area contributed by atoms with Crippen LogP contribution in [0.15, 0.2) is 83.8 Å². The highest BCUT2D eigenvalue weighted by molar-refractivity contribution is 7.89. The summed E-state index contributed by atoms with van der Waals surface area (Å²) in [6.07, 6.45) is 0.695. The second-order valence-electron chi connectivity index (χ2n) is 7.90. The van der Waals surface area contributed by atoms with E-state index in [1.165, 1.54) is 17.5 Å². The SMILES string of the molecule is CCN(CC)S(=O)(=O)c1cc(C(=O)N(CCc2ccccc2)Cc2ccccc2)ccc1OC. The monoisotopic (exact) mass is 480 g/mol. The highest BCUT2D eigenvalue weighted by atomic mass is 32.2. The molecule has 0 unspecified atom stereocenters. The number of hydrogen-bond acceptors (Lipinski definition) is 4. The number of rotatable bonds is 11. The molecule has 0 radical (unpaired) electrons. The van der Waals surface area contributed by atoms with Crippen molar-refractivity contribution in [1.82, 2.24) is 9.21 Å². The van der Waals surface area contributed by atoms with Crippen LogP contribution in [0.3, 0.4) is 0 Å². The number of carbonyl (C=O) groups excluding carboxylic acids is 1. The number of nitrogens with zero attached hydrogens (tertiary/aromatic N) is 2. The van der Waals surface area contributed by atoms with Gasteiger partial charge in [-0.3, -0.25) is 4.79 Å². The van der Waals surface area contributed by atoms with Crippen LogP contribution in [-0.2, 0) is 23.0 Å². The fourth-order valence-corrected chi connectivity index (χ4v) is 5.50. The molecule has 0 atom stereocenters. The van der Waals surface area contributed by atoms with Gasteiger partial charge >= 0.3 is 0 Å². The van der Waals surface area contributed by atoms with Gasteiger partial charge in [0.25, 0.3) is 5.91 Å². The van der Waals surface area contributed by atoms with Crippen LogP contribution in [0.1, 0.15) is 35.3 Å². The van der Waals surface area contributed by atoms with E-state index in [0.29, 0.717) is 38.2 Å². The molecule has 6 nitrogen and oxygen atoms in total. The predicted molar refractivity (Wildman–Crippen MR) is 134 cm³/mol. The second-order valence-corrected chi connectivity index (χ2v) is 9.81. The summed E-state index contributed by atoms with van der Waals surface area (Å²) in [5, 5.41) is 0. The third-order valence-electron chi connectivity index (χ3n) is 5.75. The Morgan fingerprint density at radius 1 is 0.853 bits per heavy atom. The average molecular weight is 481 g/mol. The molecule has 0 bridgehead atoms. The van der Waals surface area contributed by atoms with Gasteiger partial charge in [0.05, 0.1) is 7.11 Å². The molecule has 0 N–H and O–H groups in total. The molecule has 0 saturated carbocycles. The molecule has 34 heavy (non-hydrogen) atoms. The van der Waals surface area contributed by atoms with Crippen molar-refractivity contribution in [3.8, 4) is 5.75 Å². The summed E-state index contributed by atoms with van der Waals surface area (Å²) < 4.78 is 33.2. The summed E-state index contributed by atoms with van der Waals surface area (Å²) in [4.78, 5) is 15.4. The van der Waals surface area contributed by atoms with Gasteiger partial charge in [-0.15, -0.1) is 0 Å². The number of methoxy groups -OCH3 is 1. The van der Waals surface area contributed by atoms with Crippen molar-refractivity contribution in [3.05, 3.63) is 95.6 Å². The van der Waals surface area contributed by atoms with E-state index in [9.17, 15) is 13.2 Å². The Kier molecular flexibility index (Phi) is 8.85. The Bertz CT molecular complexity index is 1180. The number of sulfonamides is 1. The van der Waals surface area contributed by atoms with Crippen molar-refractivity contribution in [2.75, 3.05) is 26.7 Å². The van der Waals surface area contributed by atoms with Crippen molar-refractivity contribution in [2.24, 2.45) is 0 Å². The van der Waals surface area contributed by atoms with E-state index in [0.717, 1.165) is 11.1 Å². The summed E-state index contributed by atoms with van der Waals surface area (Å²) in [5.74, 6) is 0.000721. The summed E-state index contributed by atoms with van der Waals surface area (Å²) >= 11 is 0. The molecule has 3 aromatic carbocycles. The van der Waals surface area contributed by atoms with Gasteiger partial charge in [-0.05, 0) is 35.7 Å². The molecule has 0 aliphatic rings. The normalized spacial score (nSPS) is 11.4. The van der Waals surface area contributed by atoms with Crippen LogP contribution in [0.25, 0.3) is 0 Å². The Morgan fingerprint density at radius 3 is 2.00 bits per heavy atom. The zero-order chi connectivity index (χ0) is 24.6. The van der Waals surface area contributed by atoms with Crippen molar-refractivity contribution in [1.29, 1.82) is 0 Å². The number of carbonyl (C=O) groups is 1. The minimum atomic E-state index is -3.80. The predicted octanol–water partition coefficient (Wildman–Crippen LogP) is 4.61. The first kappa shape index (κ1) is 25.5. The Morgan fingerprint density at radius 2 is 1.44 bits per heavy atom. The number of amides is 1. The van der Waals surface area contributed by atoms with E-state index < -0.39 is 10.0 Å². The van der Waals surface area contributed by atoms with E-state index in [-0.39, 0.29) is 16.6 Å². The largest absolute Gasteiger partial charge is 0.495 e. The molecule has 0 aliphatic carbocycles. The second kappa shape index (κ2) is 11.8. The number of benzene rings is 3. The lowest BCUT2D eigenvalue weighted by atomic mass is 10.1. The van der Waals surface area contributed by atoms with Gasteiger partial charge in [-0.1, -0.05) is 74.5 Å². The van der Waals surface area contributed by atoms with Crippen molar-refractivity contribution in [3.63, 3.8) is 0 Å². The highest BCUT2D eigenvalue weighted by Crippen LogP contribution is 2.28. The molecule has 180 valence electrons. The van der Waals surface area contributed by atoms with Gasteiger partial charge in [0.15, 0.2) is 0 Å². The van der Waals surface area contributed by atoms with Crippen molar-refractivity contribution < 1.29 is 17.9 Å². The zero-order valence-corrected chi connectivity index (χ0v) is 20.8. The topological polar surface area (TPSA) is 66.9 Å². The Hall–Kier alpha value is -3.16. The molecule has 0 spiro atoms. The van der Waals surface area contributed by atoms with E-state index in [2.05, 4.69) is 0 Å². The summed E-state index contributed by atoms with van der Waals surface area (Å²) in [5.41, 5.74) is 2.46. The molecule has 3 aromatic rings. The van der Waals surface area contributed by atoms with Crippen LogP contribution in [0.2, 0.25) is 0 Å². The van der Waals surface area contributed by atoms with Gasteiger partial charge in [-0.2, -0.15) is 4.31 Å². The van der Waals surface area contributed by atoms with Gasteiger partial charge in [0.2, 0.25) is 10.0 Å². The first-order valence-electron chi connectivity index (χ1n) is 11.5. The highest BCUT2D eigenvalue weighted by Gasteiger charge is 2.28. The summed E-state index contributed by atoms with van der Waals surface area (Å²) in [7, 11) is -2.37. The quantitative estimate of drug-likeness (QED) is 0.402. The first-order chi connectivity index (χ1) is 16.4. The molecule has 0 saturated heterocycles. The molecular weight excluding hydrogens is 448 g/mol. The van der Waals surface area contributed by atoms with Crippen LogP contribution in [-0.4, -0.2) is 50.3 Å². The van der Waals surface area contributed by atoms with Crippen LogP contribution < -0.4 is 4.74 Å². The third kappa shape index (κ3) is 6.04. The molecule has 0 fully saturated rings. The maximum Gasteiger partial charge on any atom is 0.254 e. The average Bonchev–Trinajstić information content (AvgIpc) is 2.87. The van der Waals surface area contributed by atoms with Gasteiger partial charge in [0, 0.05) is 31.7 Å². The van der Waals surface area contributed by atoms with Gasteiger partial charge in [-0.25, -0.2) is 8.42 Å². The minimum Gasteiger partial charge on any atom is -0.495 e. The van der Waals surface area contributed by atoms with Crippen molar-refractivity contribution in [2.45, 2.75) is 31.7 Å². The molecule has 0 heterocycles. The van der Waals surface area contributed by atoms with Gasteiger partial charge in [0.1, 0.15) is 10.6 Å². The third-order valence-corrected chi connectivity index (χ3v) is 7.82. The summed E-state index contributed by atoms with van der Waals surface area (Å²) in [6.45, 7) is 5.16. The molecule has 3 rings (SSSR count). The van der Waals surface area contributed by atoms with E-state index >= 15 is 0 Å². The van der Waals surface area contributed by atoms with E-state index in [4.69, 9.17) is 4.74 Å². The zero-order valence-electron chi connectivity index (χ0n) is 20.0. The van der Waals surface area contributed by atoms with E-state index in [1.807, 2.05) is 60.7 Å². The van der Waals surface area contributed by atoms with Crippen molar-refractivity contribution >= 4 is 15.9 Å². The molecule has 7 heteroatoms. The van der Waals surface area contributed by atoms with Gasteiger partial charge < -0.3 is 9.64 Å². The van der Waals surface area contributed by atoms with Crippen LogP contribution in [0, 0.1) is 0 Å². The standard InChI is InChI=1S/C27H32N2O4S/c1-4-29(5-2)34(31,32)26-20-24(16-17-25(26)33-3)27(30)28(21-23-14-10-7-11-15-23)19-18-22-12-8-6-9-13-22/h6-17,20H,4-5,18-19,21H2,1-3H3. The summed E-state index contributed by atoms with van der Waals surface area (Å²) in [6, 6.07) is 24.4. The molecular formula is C27H32N2O4S. The van der Waals surface area contributed by atoms with E-state index in [1.54, 1.807) is 30.9 Å². The Labute approximate surface area is 202 Å². The lowest BCUT2D eigenvalue weighted by Gasteiger charge is -2.24. The lowest BCUT2D eigenvalue weighted by molar-refractivity contribution is 0.0744. The lowest BCUT2D eigenvalue weighted by Crippen LogP contribution is -2.33. The fourth-order valence-electron chi connectivity index (χ4n) is 3.86. The Balaban J connectivity index is 1.96. The van der Waals surface area contributed by atoms with Crippen LogP contribution in [0.5, 0.6) is 5.75 Å². The maximum absolute atomic E-state index is 13.6. The van der Waals surface area contributed by atoms with Crippen LogP contribution >= 0.6 is 0 Å². The van der Waals surface area contributed by atoms with Crippen LogP contribution in [0.4, 0.5) is 0 Å². The molecule has 0 aromatic heterocycles. The molecule has 1 amide bonds. The maximum atomic E-state index is 13.6. The fraction of sp³-hybridized carbons (Fsp3) is 0.296. The first-order valence-corrected chi connectivity index (χ1v) is 12.9. The molecule has 0 aliphatic heterocycles. The minimum absolute atomic E-state index is 0.00673. The number of ether oxygens (including phenoxy) is 1. The smallest absolute Gasteiger partial charge is 0.254 e. The number of hydrogen-bond donors (Lipinski definition) is 0.